The lowest BCUT2D eigenvalue weighted by molar-refractivity contribution is 0.668. The van der Waals surface area contributed by atoms with Crippen molar-refractivity contribution in [2.75, 3.05) is 0 Å². The van der Waals surface area contributed by atoms with Crippen LogP contribution in [0.1, 0.15) is 0 Å². The van der Waals surface area contributed by atoms with Crippen molar-refractivity contribution in [3.63, 3.8) is 0 Å². The lowest BCUT2D eigenvalue weighted by Crippen LogP contribution is -2.02. The van der Waals surface area contributed by atoms with Crippen LogP contribution in [-0.2, 0) is 0 Å². The van der Waals surface area contributed by atoms with E-state index in [1.165, 1.54) is 27.6 Å². The van der Waals surface area contributed by atoms with Crippen LogP contribution < -0.4 is 0 Å². The van der Waals surface area contributed by atoms with Crippen molar-refractivity contribution >= 4 is 32.7 Å². The fourth-order valence-corrected chi connectivity index (χ4v) is 6.16. The first-order chi connectivity index (χ1) is 20.3. The molecule has 0 spiro atoms. The van der Waals surface area contributed by atoms with E-state index in [9.17, 15) is 0 Å². The van der Waals surface area contributed by atoms with Gasteiger partial charge in [0.25, 0.3) is 0 Å². The maximum absolute atomic E-state index is 6.15. The van der Waals surface area contributed by atoms with Crippen LogP contribution in [0.15, 0.2) is 126 Å². The first-order valence-corrected chi connectivity index (χ1v) is 13.6. The summed E-state index contributed by atoms with van der Waals surface area (Å²) in [4.78, 5) is 19.9. The molecule has 8 aromatic rings. The highest BCUT2D eigenvalue weighted by atomic mass is 16.3. The van der Waals surface area contributed by atoms with Gasteiger partial charge in [0.2, 0.25) is 0 Å². The largest absolute Gasteiger partial charge is 0.456 e. The molecular weight excluding hydrogens is 504 g/mol. The van der Waals surface area contributed by atoms with Gasteiger partial charge in [-0.3, -0.25) is 4.98 Å². The van der Waals surface area contributed by atoms with E-state index in [0.717, 1.165) is 38.5 Å². The van der Waals surface area contributed by atoms with E-state index < -0.39 is 0 Å². The number of hydrogen-bond acceptors (Lipinski definition) is 5. The molecule has 5 heteroatoms. The molecule has 0 saturated carbocycles. The lowest BCUT2D eigenvalue weighted by Gasteiger charge is -2.11. The molecule has 3 aromatic heterocycles. The quantitative estimate of drug-likeness (QED) is 0.231. The molecule has 0 N–H and O–H groups in total. The molecule has 0 saturated heterocycles. The van der Waals surface area contributed by atoms with Crippen LogP contribution >= 0.6 is 0 Å². The van der Waals surface area contributed by atoms with E-state index in [1.54, 1.807) is 6.20 Å². The normalized spacial score (nSPS) is 11.9. The number of aromatic nitrogens is 4. The zero-order chi connectivity index (χ0) is 26.9. The Labute approximate surface area is 234 Å². The maximum atomic E-state index is 6.15. The molecule has 5 aromatic carbocycles. The zero-order valence-electron chi connectivity index (χ0n) is 21.7. The highest BCUT2D eigenvalue weighted by molar-refractivity contribution is 6.18. The Morgan fingerprint density at radius 1 is 0.415 bits per heavy atom. The molecule has 0 fully saturated rings. The molecule has 0 atom stereocenters. The standard InChI is InChI=1S/C36H20N4O/c1-2-9-21(10-3-1)34-38-35(27-18-17-26-23-12-5-4-11-22(23)24-14-8-15-25(27)31(24)26)40-36(39-34)33-32-28-13-6-7-16-29(28)41-30(32)19-20-37-33/h1-20H. The number of pyridine rings is 1. The molecule has 190 valence electrons. The molecule has 0 amide bonds. The molecule has 9 rings (SSSR count). The summed E-state index contributed by atoms with van der Waals surface area (Å²) >= 11 is 0. The van der Waals surface area contributed by atoms with E-state index in [2.05, 4.69) is 54.6 Å². The van der Waals surface area contributed by atoms with E-state index in [4.69, 9.17) is 24.4 Å². The van der Waals surface area contributed by atoms with Crippen LogP contribution in [0.3, 0.4) is 0 Å². The number of nitrogens with zero attached hydrogens (tertiary/aromatic N) is 4. The average Bonchev–Trinajstić information content (AvgIpc) is 3.59. The number of hydrogen-bond donors (Lipinski definition) is 0. The predicted octanol–water partition coefficient (Wildman–Crippen LogP) is 8.97. The van der Waals surface area contributed by atoms with Crippen molar-refractivity contribution in [2.45, 2.75) is 0 Å². The summed E-state index contributed by atoms with van der Waals surface area (Å²) in [5.41, 5.74) is 9.11. The number of benzene rings is 5. The van der Waals surface area contributed by atoms with Gasteiger partial charge in [0.15, 0.2) is 17.5 Å². The minimum Gasteiger partial charge on any atom is -0.456 e. The number of furan rings is 1. The Morgan fingerprint density at radius 2 is 1.07 bits per heavy atom. The second kappa shape index (κ2) is 8.41. The third kappa shape index (κ3) is 3.23. The summed E-state index contributed by atoms with van der Waals surface area (Å²) in [6.07, 6.45) is 1.75. The van der Waals surface area contributed by atoms with Crippen LogP contribution in [-0.4, -0.2) is 19.9 Å². The molecule has 1 aliphatic carbocycles. The summed E-state index contributed by atoms with van der Waals surface area (Å²) in [6, 6.07) is 39.3. The summed E-state index contributed by atoms with van der Waals surface area (Å²) < 4.78 is 6.15. The minimum atomic E-state index is 0.512. The SMILES string of the molecule is c1ccc(-c2nc(-c3ccc4c5c(cccc35)-c3ccccc3-4)nc(-c3nccc4oc5ccccc5c34)n2)cc1. The summed E-state index contributed by atoms with van der Waals surface area (Å²) in [7, 11) is 0. The molecular formula is C36H20N4O. The van der Waals surface area contributed by atoms with E-state index in [-0.39, 0.29) is 0 Å². The van der Waals surface area contributed by atoms with Gasteiger partial charge in [0.05, 0.1) is 5.39 Å². The van der Waals surface area contributed by atoms with Crippen molar-refractivity contribution in [1.29, 1.82) is 0 Å². The highest BCUT2D eigenvalue weighted by Gasteiger charge is 2.24. The summed E-state index contributed by atoms with van der Waals surface area (Å²) in [5.74, 6) is 1.72. The highest BCUT2D eigenvalue weighted by Crippen LogP contribution is 2.49. The van der Waals surface area contributed by atoms with Gasteiger partial charge in [-0.05, 0) is 51.2 Å². The smallest absolute Gasteiger partial charge is 0.183 e. The first kappa shape index (κ1) is 22.2. The fraction of sp³-hybridized carbons (Fsp3) is 0. The van der Waals surface area contributed by atoms with Gasteiger partial charge >= 0.3 is 0 Å². The van der Waals surface area contributed by atoms with Crippen LogP contribution in [0.4, 0.5) is 0 Å². The van der Waals surface area contributed by atoms with Crippen molar-refractivity contribution in [2.24, 2.45) is 0 Å². The molecule has 0 unspecified atom stereocenters. The van der Waals surface area contributed by atoms with Crippen LogP contribution in [0.5, 0.6) is 0 Å². The monoisotopic (exact) mass is 524 g/mol. The molecule has 41 heavy (non-hydrogen) atoms. The topological polar surface area (TPSA) is 64.7 Å². The van der Waals surface area contributed by atoms with Crippen LogP contribution in [0, 0.1) is 0 Å². The van der Waals surface area contributed by atoms with E-state index in [0.29, 0.717) is 23.2 Å². The van der Waals surface area contributed by atoms with E-state index in [1.807, 2.05) is 60.7 Å². The van der Waals surface area contributed by atoms with Gasteiger partial charge in [-0.2, -0.15) is 0 Å². The first-order valence-electron chi connectivity index (χ1n) is 13.6. The molecule has 0 bridgehead atoms. The van der Waals surface area contributed by atoms with Crippen molar-refractivity contribution in [3.05, 3.63) is 121 Å². The average molecular weight is 525 g/mol. The third-order valence-electron chi connectivity index (χ3n) is 7.96. The predicted molar refractivity (Wildman–Crippen MR) is 163 cm³/mol. The minimum absolute atomic E-state index is 0.512. The Bertz CT molecular complexity index is 2290. The Kier molecular flexibility index (Phi) is 4.55. The molecule has 5 nitrogen and oxygen atoms in total. The number of fused-ring (bicyclic) bond motifs is 6. The van der Waals surface area contributed by atoms with Gasteiger partial charge in [0.1, 0.15) is 16.9 Å². The van der Waals surface area contributed by atoms with Crippen molar-refractivity contribution in [3.8, 4) is 56.5 Å². The molecule has 1 aliphatic rings. The van der Waals surface area contributed by atoms with Gasteiger partial charge < -0.3 is 4.42 Å². The second-order valence-corrected chi connectivity index (χ2v) is 10.2. The lowest BCUT2D eigenvalue weighted by atomic mass is 9.98. The molecule has 3 heterocycles. The maximum Gasteiger partial charge on any atom is 0.183 e. The Morgan fingerprint density at radius 3 is 1.95 bits per heavy atom. The van der Waals surface area contributed by atoms with Crippen molar-refractivity contribution in [1.82, 2.24) is 19.9 Å². The second-order valence-electron chi connectivity index (χ2n) is 10.2. The van der Waals surface area contributed by atoms with Gasteiger partial charge in [0, 0.05) is 22.7 Å². The van der Waals surface area contributed by atoms with Crippen LogP contribution in [0.2, 0.25) is 0 Å². The van der Waals surface area contributed by atoms with Gasteiger partial charge in [-0.15, -0.1) is 0 Å². The van der Waals surface area contributed by atoms with E-state index >= 15 is 0 Å². The molecule has 0 aliphatic heterocycles. The summed E-state index contributed by atoms with van der Waals surface area (Å²) in [5, 5.41) is 4.23. The fourth-order valence-electron chi connectivity index (χ4n) is 6.16. The van der Waals surface area contributed by atoms with Crippen LogP contribution in [0.25, 0.3) is 89.3 Å². The third-order valence-corrected chi connectivity index (χ3v) is 7.96. The zero-order valence-corrected chi connectivity index (χ0v) is 21.7. The number of para-hydroxylation sites is 1. The van der Waals surface area contributed by atoms with Gasteiger partial charge in [-0.25, -0.2) is 15.0 Å². The number of rotatable bonds is 3. The van der Waals surface area contributed by atoms with Crippen molar-refractivity contribution < 1.29 is 4.42 Å². The Hall–Kier alpha value is -5.68. The molecule has 0 radical (unpaired) electrons. The Balaban J connectivity index is 1.34. The van der Waals surface area contributed by atoms with Gasteiger partial charge in [-0.1, -0.05) is 97.1 Å². The summed E-state index contributed by atoms with van der Waals surface area (Å²) in [6.45, 7) is 0.